The van der Waals surface area contributed by atoms with Gasteiger partial charge in [0, 0.05) is 0 Å². The third-order valence-corrected chi connectivity index (χ3v) is 0.969. The molecule has 0 fully saturated rings. The molecule has 0 bridgehead atoms. The lowest BCUT2D eigenvalue weighted by Crippen LogP contribution is -2.17. The van der Waals surface area contributed by atoms with Crippen molar-refractivity contribution >= 4 is 6.16 Å². The fraction of sp³-hybridized carbons (Fsp3) is 0.800. The van der Waals surface area contributed by atoms with Gasteiger partial charge >= 0.3 is 6.16 Å². The Morgan fingerprint density at radius 1 is 1.78 bits per heavy atom. The van der Waals surface area contributed by atoms with E-state index < -0.39 is 6.16 Å². The van der Waals surface area contributed by atoms with Crippen LogP contribution >= 0.6 is 0 Å². The quantitative estimate of drug-likeness (QED) is 0.447. The number of nitrogens with two attached hydrogens (primary N) is 1. The predicted molar refractivity (Wildman–Crippen MR) is 31.5 cm³/mol. The van der Waals surface area contributed by atoms with E-state index in [-0.39, 0.29) is 6.10 Å². The van der Waals surface area contributed by atoms with Crippen LogP contribution in [0, 0.1) is 0 Å². The molecule has 0 rings (SSSR count). The molecular weight excluding hydrogens is 122 g/mol. The molecule has 0 aliphatic carbocycles. The largest absolute Gasteiger partial charge is 0.527 e. The van der Waals surface area contributed by atoms with Gasteiger partial charge in [0.2, 0.25) is 0 Å². The first-order valence-corrected chi connectivity index (χ1v) is 2.78. The standard InChI is InChI=1S/C5H11NO3/c1-3-4(2)8-5(7)9-6/h4H,3,6H2,1-2H3. The zero-order chi connectivity index (χ0) is 7.28. The maximum Gasteiger partial charge on any atom is 0.527 e. The highest BCUT2D eigenvalue weighted by Gasteiger charge is 2.05. The van der Waals surface area contributed by atoms with Crippen LogP contribution < -0.4 is 5.90 Å². The molecule has 0 aromatic heterocycles. The van der Waals surface area contributed by atoms with E-state index in [1.807, 2.05) is 6.92 Å². The van der Waals surface area contributed by atoms with Gasteiger partial charge in [0.1, 0.15) is 6.10 Å². The van der Waals surface area contributed by atoms with Gasteiger partial charge in [-0.2, -0.15) is 5.90 Å². The summed E-state index contributed by atoms with van der Waals surface area (Å²) in [4.78, 5) is 14.0. The third kappa shape index (κ3) is 3.78. The Labute approximate surface area is 53.9 Å². The van der Waals surface area contributed by atoms with E-state index in [2.05, 4.69) is 15.5 Å². The molecule has 54 valence electrons. The number of rotatable bonds is 2. The minimum absolute atomic E-state index is 0.124. The minimum atomic E-state index is -0.829. The van der Waals surface area contributed by atoms with Crippen LogP contribution in [-0.2, 0) is 9.57 Å². The molecule has 1 unspecified atom stereocenters. The summed E-state index contributed by atoms with van der Waals surface area (Å²) in [5.74, 6) is 4.50. The van der Waals surface area contributed by atoms with Crippen molar-refractivity contribution in [3.05, 3.63) is 0 Å². The van der Waals surface area contributed by atoms with Crippen molar-refractivity contribution in [3.8, 4) is 0 Å². The molecule has 0 amide bonds. The van der Waals surface area contributed by atoms with Gasteiger partial charge in [-0.25, -0.2) is 4.79 Å². The number of carbonyl (C=O) groups is 1. The molecule has 1 atom stereocenters. The van der Waals surface area contributed by atoms with Crippen LogP contribution in [0.15, 0.2) is 0 Å². The van der Waals surface area contributed by atoms with Gasteiger partial charge in [0.05, 0.1) is 0 Å². The summed E-state index contributed by atoms with van der Waals surface area (Å²) < 4.78 is 4.56. The van der Waals surface area contributed by atoms with Crippen LogP contribution in [0.1, 0.15) is 20.3 Å². The summed E-state index contributed by atoms with van der Waals surface area (Å²) in [6, 6.07) is 0. The zero-order valence-electron chi connectivity index (χ0n) is 5.59. The van der Waals surface area contributed by atoms with Gasteiger partial charge in [0.25, 0.3) is 0 Å². The van der Waals surface area contributed by atoms with Gasteiger partial charge in [-0.1, -0.05) is 6.92 Å². The van der Waals surface area contributed by atoms with Crippen molar-refractivity contribution < 1.29 is 14.4 Å². The van der Waals surface area contributed by atoms with Crippen molar-refractivity contribution in [2.24, 2.45) is 5.90 Å². The topological polar surface area (TPSA) is 61.5 Å². The molecule has 0 spiro atoms. The van der Waals surface area contributed by atoms with Gasteiger partial charge in [0.15, 0.2) is 0 Å². The summed E-state index contributed by atoms with van der Waals surface area (Å²) in [5, 5.41) is 0. The Bertz CT molecular complexity index is 94.2. The van der Waals surface area contributed by atoms with Gasteiger partial charge in [-0.05, 0) is 13.3 Å². The Morgan fingerprint density at radius 2 is 2.33 bits per heavy atom. The Hall–Kier alpha value is -0.770. The lowest BCUT2D eigenvalue weighted by atomic mass is 10.3. The fourth-order valence-electron chi connectivity index (χ4n) is 0.275. The van der Waals surface area contributed by atoms with Crippen LogP contribution in [0.3, 0.4) is 0 Å². The van der Waals surface area contributed by atoms with E-state index in [9.17, 15) is 4.79 Å². The average Bonchev–Trinajstić information content (AvgIpc) is 1.87. The fourth-order valence-corrected chi connectivity index (χ4v) is 0.275. The molecule has 0 aliphatic rings. The molecule has 4 nitrogen and oxygen atoms in total. The van der Waals surface area contributed by atoms with E-state index in [1.165, 1.54) is 0 Å². The van der Waals surface area contributed by atoms with Gasteiger partial charge < -0.3 is 9.57 Å². The molecule has 0 saturated heterocycles. The predicted octanol–water partition coefficient (Wildman–Crippen LogP) is 0.812. The average molecular weight is 133 g/mol. The second-order valence-corrected chi connectivity index (χ2v) is 1.70. The SMILES string of the molecule is CCC(C)OC(=O)ON. The van der Waals surface area contributed by atoms with Crippen molar-refractivity contribution in [2.45, 2.75) is 26.4 Å². The van der Waals surface area contributed by atoms with Gasteiger partial charge in [-0.3, -0.25) is 0 Å². The molecule has 2 N–H and O–H groups in total. The Balaban J connectivity index is 3.34. The molecule has 0 aromatic carbocycles. The van der Waals surface area contributed by atoms with Crippen molar-refractivity contribution in [1.29, 1.82) is 0 Å². The maximum atomic E-state index is 10.2. The smallest absolute Gasteiger partial charge is 0.430 e. The molecular formula is C5H11NO3. The van der Waals surface area contributed by atoms with E-state index in [1.54, 1.807) is 6.92 Å². The molecule has 4 heteroatoms. The maximum absolute atomic E-state index is 10.2. The van der Waals surface area contributed by atoms with Crippen LogP contribution in [0.5, 0.6) is 0 Å². The Morgan fingerprint density at radius 3 is 2.67 bits per heavy atom. The number of ether oxygens (including phenoxy) is 1. The molecule has 0 heterocycles. The highest BCUT2D eigenvalue weighted by atomic mass is 16.8. The number of hydrogen-bond donors (Lipinski definition) is 1. The molecule has 0 radical (unpaired) electrons. The molecule has 0 aliphatic heterocycles. The summed E-state index contributed by atoms with van der Waals surface area (Å²) in [7, 11) is 0. The van der Waals surface area contributed by atoms with E-state index >= 15 is 0 Å². The summed E-state index contributed by atoms with van der Waals surface area (Å²) >= 11 is 0. The first-order valence-electron chi connectivity index (χ1n) is 2.78. The first-order chi connectivity index (χ1) is 4.20. The van der Waals surface area contributed by atoms with Crippen LogP contribution in [0.25, 0.3) is 0 Å². The number of carbonyl (C=O) groups excluding carboxylic acids is 1. The van der Waals surface area contributed by atoms with Crippen LogP contribution in [0.4, 0.5) is 4.79 Å². The summed E-state index contributed by atoms with van der Waals surface area (Å²) in [6.45, 7) is 3.66. The van der Waals surface area contributed by atoms with E-state index in [4.69, 9.17) is 0 Å². The van der Waals surface area contributed by atoms with E-state index in [0.717, 1.165) is 6.42 Å². The molecule has 0 aromatic rings. The van der Waals surface area contributed by atoms with E-state index in [0.29, 0.717) is 0 Å². The van der Waals surface area contributed by atoms with Crippen molar-refractivity contribution in [3.63, 3.8) is 0 Å². The molecule has 0 saturated carbocycles. The highest BCUT2D eigenvalue weighted by Crippen LogP contribution is 1.95. The van der Waals surface area contributed by atoms with Gasteiger partial charge in [-0.15, -0.1) is 0 Å². The molecule has 9 heavy (non-hydrogen) atoms. The second kappa shape index (κ2) is 4.14. The van der Waals surface area contributed by atoms with Crippen LogP contribution in [-0.4, -0.2) is 12.3 Å². The normalized spacial score (nSPS) is 12.3. The summed E-state index contributed by atoms with van der Waals surface area (Å²) in [6.07, 6.45) is -0.194. The van der Waals surface area contributed by atoms with Crippen LogP contribution in [0.2, 0.25) is 0 Å². The lowest BCUT2D eigenvalue weighted by molar-refractivity contribution is 0.0278. The van der Waals surface area contributed by atoms with Crippen molar-refractivity contribution in [2.75, 3.05) is 0 Å². The highest BCUT2D eigenvalue weighted by molar-refractivity contribution is 5.59. The lowest BCUT2D eigenvalue weighted by Gasteiger charge is -2.07. The minimum Gasteiger partial charge on any atom is -0.430 e. The summed E-state index contributed by atoms with van der Waals surface area (Å²) in [5.41, 5.74) is 0. The Kier molecular flexibility index (Phi) is 3.79. The zero-order valence-corrected chi connectivity index (χ0v) is 5.59. The third-order valence-electron chi connectivity index (χ3n) is 0.969. The number of hydrogen-bond acceptors (Lipinski definition) is 4. The monoisotopic (exact) mass is 133 g/mol. The van der Waals surface area contributed by atoms with Crippen molar-refractivity contribution in [1.82, 2.24) is 0 Å². The second-order valence-electron chi connectivity index (χ2n) is 1.70. The first kappa shape index (κ1) is 8.23.